The molecule has 0 atom stereocenters. The highest BCUT2D eigenvalue weighted by atomic mass is 16.1. The second-order valence-corrected chi connectivity index (χ2v) is 6.73. The second-order valence-electron chi connectivity index (χ2n) is 6.73. The molecule has 5 rings (SSSR count). The molecular weight excluding hydrogens is 342 g/mol. The number of nitrogens with zero attached hydrogens (tertiary/aromatic N) is 6. The molecule has 1 aliphatic rings. The van der Waals surface area contributed by atoms with E-state index in [-0.39, 0.29) is 5.91 Å². The zero-order valence-corrected chi connectivity index (χ0v) is 14.7. The SMILES string of the molecule is Cc1ccc(-n2nc(C3CC3)cc2NC(=O)c2cnn3cccnc23)nc1. The van der Waals surface area contributed by atoms with Crippen LogP contribution in [0.25, 0.3) is 11.5 Å². The zero-order chi connectivity index (χ0) is 18.4. The number of amides is 1. The maximum atomic E-state index is 12.9. The molecule has 8 nitrogen and oxygen atoms in total. The van der Waals surface area contributed by atoms with Crippen LogP contribution < -0.4 is 5.32 Å². The Morgan fingerprint density at radius 3 is 2.89 bits per heavy atom. The Morgan fingerprint density at radius 2 is 2.11 bits per heavy atom. The van der Waals surface area contributed by atoms with E-state index in [1.807, 2.05) is 25.1 Å². The van der Waals surface area contributed by atoms with E-state index < -0.39 is 0 Å². The first-order valence-electron chi connectivity index (χ1n) is 8.82. The van der Waals surface area contributed by atoms with Gasteiger partial charge in [0.2, 0.25) is 0 Å². The molecule has 0 bridgehead atoms. The number of aromatic nitrogens is 6. The molecule has 0 saturated heterocycles. The maximum Gasteiger partial charge on any atom is 0.262 e. The van der Waals surface area contributed by atoms with Gasteiger partial charge in [-0.05, 0) is 37.5 Å². The summed E-state index contributed by atoms with van der Waals surface area (Å²) >= 11 is 0. The van der Waals surface area contributed by atoms with Gasteiger partial charge in [-0.2, -0.15) is 14.9 Å². The number of pyridine rings is 1. The van der Waals surface area contributed by atoms with Crippen molar-refractivity contribution in [2.75, 3.05) is 5.32 Å². The van der Waals surface area contributed by atoms with Crippen molar-refractivity contribution in [3.63, 3.8) is 0 Å². The molecule has 134 valence electrons. The lowest BCUT2D eigenvalue weighted by atomic mass is 10.3. The van der Waals surface area contributed by atoms with Crippen molar-refractivity contribution >= 4 is 17.4 Å². The molecule has 0 aliphatic heterocycles. The summed E-state index contributed by atoms with van der Waals surface area (Å²) in [5, 5.41) is 11.8. The average molecular weight is 359 g/mol. The molecule has 0 unspecified atom stereocenters. The number of carbonyl (C=O) groups excluding carboxylic acids is 1. The fraction of sp³-hybridized carbons (Fsp3) is 0.211. The van der Waals surface area contributed by atoms with Gasteiger partial charge >= 0.3 is 0 Å². The molecule has 1 fully saturated rings. The third-order valence-electron chi connectivity index (χ3n) is 4.60. The van der Waals surface area contributed by atoms with E-state index in [0.29, 0.717) is 28.8 Å². The molecule has 27 heavy (non-hydrogen) atoms. The number of aryl methyl sites for hydroxylation is 1. The molecule has 4 aromatic heterocycles. The Bertz CT molecular complexity index is 1140. The third kappa shape index (κ3) is 2.84. The number of rotatable bonds is 4. The lowest BCUT2D eigenvalue weighted by Gasteiger charge is -2.07. The minimum Gasteiger partial charge on any atom is -0.306 e. The molecule has 0 spiro atoms. The van der Waals surface area contributed by atoms with Crippen LogP contribution in [0.5, 0.6) is 0 Å². The lowest BCUT2D eigenvalue weighted by molar-refractivity contribution is 0.102. The van der Waals surface area contributed by atoms with E-state index in [4.69, 9.17) is 0 Å². The molecule has 1 aliphatic carbocycles. The quantitative estimate of drug-likeness (QED) is 0.605. The van der Waals surface area contributed by atoms with Crippen LogP contribution in [-0.2, 0) is 0 Å². The van der Waals surface area contributed by atoms with Gasteiger partial charge in [0.05, 0.1) is 11.9 Å². The van der Waals surface area contributed by atoms with E-state index in [0.717, 1.165) is 24.1 Å². The summed E-state index contributed by atoms with van der Waals surface area (Å²) in [7, 11) is 0. The van der Waals surface area contributed by atoms with Crippen LogP contribution in [0, 0.1) is 6.92 Å². The van der Waals surface area contributed by atoms with E-state index >= 15 is 0 Å². The fourth-order valence-electron chi connectivity index (χ4n) is 3.00. The number of nitrogens with one attached hydrogen (secondary N) is 1. The first kappa shape index (κ1) is 15.7. The minimum atomic E-state index is -0.278. The Kier molecular flexibility index (Phi) is 3.49. The topological polar surface area (TPSA) is 90.0 Å². The molecule has 1 saturated carbocycles. The van der Waals surface area contributed by atoms with E-state index in [1.54, 1.807) is 33.9 Å². The maximum absolute atomic E-state index is 12.9. The standard InChI is InChI=1S/C19H17N7O/c1-12-3-6-16(21-10-12)26-17(9-15(24-26)13-4-5-13)23-19(27)14-11-22-25-8-2-7-20-18(14)25/h2-3,6-11,13H,4-5H2,1H3,(H,23,27). The molecule has 8 heteroatoms. The number of carbonyl (C=O) groups is 1. The van der Waals surface area contributed by atoms with Crippen LogP contribution >= 0.6 is 0 Å². The number of fused-ring (bicyclic) bond motifs is 1. The van der Waals surface area contributed by atoms with Crippen LogP contribution in [0.1, 0.15) is 40.4 Å². The predicted octanol–water partition coefficient (Wildman–Crippen LogP) is 2.75. The summed E-state index contributed by atoms with van der Waals surface area (Å²) in [5.74, 6) is 1.44. The Labute approximate surface area is 154 Å². The highest BCUT2D eigenvalue weighted by Crippen LogP contribution is 2.40. The van der Waals surface area contributed by atoms with Gasteiger partial charge in [0.15, 0.2) is 11.5 Å². The Balaban J connectivity index is 1.52. The summed E-state index contributed by atoms with van der Waals surface area (Å²) in [6, 6.07) is 7.56. The van der Waals surface area contributed by atoms with Crippen molar-refractivity contribution in [1.82, 2.24) is 29.4 Å². The van der Waals surface area contributed by atoms with Gasteiger partial charge in [0.1, 0.15) is 11.4 Å². The van der Waals surface area contributed by atoms with Gasteiger partial charge in [0.25, 0.3) is 5.91 Å². The van der Waals surface area contributed by atoms with Crippen molar-refractivity contribution in [2.45, 2.75) is 25.7 Å². The monoisotopic (exact) mass is 359 g/mol. The summed E-state index contributed by atoms with van der Waals surface area (Å²) in [6.07, 6.45) is 8.95. The van der Waals surface area contributed by atoms with Crippen molar-refractivity contribution in [2.24, 2.45) is 0 Å². The van der Waals surface area contributed by atoms with Gasteiger partial charge < -0.3 is 5.32 Å². The van der Waals surface area contributed by atoms with E-state index in [9.17, 15) is 4.79 Å². The van der Waals surface area contributed by atoms with Crippen LogP contribution in [0.4, 0.5) is 5.82 Å². The van der Waals surface area contributed by atoms with Crippen LogP contribution in [0.3, 0.4) is 0 Å². The molecule has 4 aromatic rings. The van der Waals surface area contributed by atoms with Crippen molar-refractivity contribution in [1.29, 1.82) is 0 Å². The summed E-state index contributed by atoms with van der Waals surface area (Å²) in [6.45, 7) is 1.98. The van der Waals surface area contributed by atoms with Gasteiger partial charge in [-0.3, -0.25) is 4.79 Å². The molecular formula is C19H17N7O. The number of anilines is 1. The average Bonchev–Trinajstić information content (AvgIpc) is 3.31. The number of hydrogen-bond acceptors (Lipinski definition) is 5. The summed E-state index contributed by atoms with van der Waals surface area (Å²) in [5.41, 5.74) is 2.96. The van der Waals surface area contributed by atoms with Gasteiger partial charge in [-0.15, -0.1) is 0 Å². The fourth-order valence-corrected chi connectivity index (χ4v) is 3.00. The first-order valence-corrected chi connectivity index (χ1v) is 8.82. The van der Waals surface area contributed by atoms with Crippen LogP contribution in [0.2, 0.25) is 0 Å². The first-order chi connectivity index (χ1) is 13.2. The minimum absolute atomic E-state index is 0.278. The predicted molar refractivity (Wildman–Crippen MR) is 99.0 cm³/mol. The Hall–Kier alpha value is -3.55. The largest absolute Gasteiger partial charge is 0.306 e. The summed E-state index contributed by atoms with van der Waals surface area (Å²) in [4.78, 5) is 21.5. The van der Waals surface area contributed by atoms with Crippen LogP contribution in [0.15, 0.2) is 49.1 Å². The molecule has 4 heterocycles. The van der Waals surface area contributed by atoms with Crippen molar-refractivity contribution in [3.8, 4) is 5.82 Å². The second kappa shape index (κ2) is 6.01. The molecule has 0 aromatic carbocycles. The van der Waals surface area contributed by atoms with Gasteiger partial charge in [0, 0.05) is 30.6 Å². The summed E-state index contributed by atoms with van der Waals surface area (Å²) < 4.78 is 3.26. The molecule has 0 radical (unpaired) electrons. The highest BCUT2D eigenvalue weighted by Gasteiger charge is 2.28. The number of hydrogen-bond donors (Lipinski definition) is 1. The van der Waals surface area contributed by atoms with Gasteiger partial charge in [-0.1, -0.05) is 6.07 Å². The van der Waals surface area contributed by atoms with E-state index in [2.05, 4.69) is 25.5 Å². The van der Waals surface area contributed by atoms with Crippen LogP contribution in [-0.4, -0.2) is 35.3 Å². The van der Waals surface area contributed by atoms with Gasteiger partial charge in [-0.25, -0.2) is 14.5 Å². The highest BCUT2D eigenvalue weighted by molar-refractivity contribution is 6.07. The smallest absolute Gasteiger partial charge is 0.262 e. The van der Waals surface area contributed by atoms with Crippen molar-refractivity contribution < 1.29 is 4.79 Å². The normalized spacial score (nSPS) is 13.8. The Morgan fingerprint density at radius 1 is 1.22 bits per heavy atom. The lowest BCUT2D eigenvalue weighted by Crippen LogP contribution is -2.15. The molecule has 1 N–H and O–H groups in total. The van der Waals surface area contributed by atoms with Crippen molar-refractivity contribution in [3.05, 3.63) is 65.9 Å². The zero-order valence-electron chi connectivity index (χ0n) is 14.7. The molecule has 1 amide bonds. The third-order valence-corrected chi connectivity index (χ3v) is 4.60. The van der Waals surface area contributed by atoms with E-state index in [1.165, 1.54) is 6.20 Å².